The smallest absolute Gasteiger partial charge is 0.348 e. The molecule has 0 aliphatic carbocycles. The van der Waals surface area contributed by atoms with Gasteiger partial charge in [0.1, 0.15) is 15.6 Å². The van der Waals surface area contributed by atoms with Crippen LogP contribution in [0, 0.1) is 6.92 Å². The van der Waals surface area contributed by atoms with E-state index in [1.165, 1.54) is 11.8 Å². The van der Waals surface area contributed by atoms with Crippen molar-refractivity contribution >= 4 is 51.9 Å². The number of esters is 2. The van der Waals surface area contributed by atoms with Crippen molar-refractivity contribution in [3.63, 3.8) is 0 Å². The standard InChI is InChI=1S/C31H41N5O7S2/c1-6-10-16-36-23(18-32-27(38)21-12-14-22(15-13-21)43-17-11-7-2)34-35-31(36)44-19-24(37)33-28-25(29(39)41-8-3)20(5)26(45-28)30(40)42-9-4/h12-15H,6-11,16-19H2,1-5H3,(H,32,38)(H,33,37). The number of thiophene rings is 1. The first-order chi connectivity index (χ1) is 21.7. The summed E-state index contributed by atoms with van der Waals surface area (Å²) >= 11 is 2.16. The summed E-state index contributed by atoms with van der Waals surface area (Å²) in [6, 6.07) is 6.99. The summed E-state index contributed by atoms with van der Waals surface area (Å²) in [5, 5.41) is 14.9. The fraction of sp³-hybridized carbons (Fsp3) is 0.484. The lowest BCUT2D eigenvalue weighted by atomic mass is 10.1. The predicted molar refractivity (Wildman–Crippen MR) is 173 cm³/mol. The molecule has 2 N–H and O–H groups in total. The number of nitrogens with zero attached hydrogens (tertiary/aromatic N) is 3. The fourth-order valence-corrected chi connectivity index (χ4v) is 6.02. The Kier molecular flexibility index (Phi) is 14.3. The largest absolute Gasteiger partial charge is 0.494 e. The molecule has 0 atom stereocenters. The summed E-state index contributed by atoms with van der Waals surface area (Å²) < 4.78 is 17.8. The summed E-state index contributed by atoms with van der Waals surface area (Å²) in [7, 11) is 0. The van der Waals surface area contributed by atoms with Crippen molar-refractivity contribution in [1.29, 1.82) is 0 Å². The minimum Gasteiger partial charge on any atom is -0.494 e. The summed E-state index contributed by atoms with van der Waals surface area (Å²) in [6.07, 6.45) is 3.79. The van der Waals surface area contributed by atoms with Crippen LogP contribution in [0.4, 0.5) is 5.00 Å². The molecule has 12 nitrogen and oxygen atoms in total. The SMILES string of the molecule is CCCCOc1ccc(C(=O)NCc2nnc(SCC(=O)Nc3sc(C(=O)OCC)c(C)c3C(=O)OCC)n2CCCC)cc1. The molecule has 3 rings (SSSR count). The van der Waals surface area contributed by atoms with Crippen molar-refractivity contribution in [2.24, 2.45) is 0 Å². The molecule has 244 valence electrons. The normalized spacial score (nSPS) is 10.8. The van der Waals surface area contributed by atoms with Crippen molar-refractivity contribution in [1.82, 2.24) is 20.1 Å². The van der Waals surface area contributed by atoms with Crippen molar-refractivity contribution in [3.05, 3.63) is 51.7 Å². The quantitative estimate of drug-likeness (QED) is 0.0997. The molecule has 2 aromatic heterocycles. The minimum absolute atomic E-state index is 0.0305. The molecule has 0 saturated heterocycles. The molecule has 0 bridgehead atoms. The van der Waals surface area contributed by atoms with E-state index in [9.17, 15) is 19.2 Å². The molecular weight excluding hydrogens is 619 g/mol. The zero-order valence-electron chi connectivity index (χ0n) is 26.4. The molecule has 0 spiro atoms. The highest BCUT2D eigenvalue weighted by atomic mass is 32.2. The van der Waals surface area contributed by atoms with Gasteiger partial charge in [0.2, 0.25) is 5.91 Å². The highest BCUT2D eigenvalue weighted by Gasteiger charge is 2.27. The van der Waals surface area contributed by atoms with Crippen molar-refractivity contribution in [2.75, 3.05) is 30.9 Å². The third kappa shape index (κ3) is 10.0. The molecule has 0 fully saturated rings. The van der Waals surface area contributed by atoms with Gasteiger partial charge in [-0.2, -0.15) is 0 Å². The molecule has 0 aliphatic rings. The maximum Gasteiger partial charge on any atom is 0.348 e. The van der Waals surface area contributed by atoms with E-state index in [0.29, 0.717) is 35.3 Å². The molecule has 1 aromatic carbocycles. The van der Waals surface area contributed by atoms with Crippen molar-refractivity contribution in [3.8, 4) is 5.75 Å². The first-order valence-corrected chi connectivity index (χ1v) is 16.9. The van der Waals surface area contributed by atoms with Gasteiger partial charge in [-0.3, -0.25) is 9.59 Å². The van der Waals surface area contributed by atoms with Crippen LogP contribution in [0.1, 0.15) is 95.2 Å². The first kappa shape index (κ1) is 35.6. The van der Waals surface area contributed by atoms with Crippen LogP contribution in [-0.2, 0) is 27.4 Å². The number of benzene rings is 1. The number of unbranched alkanes of at least 4 members (excludes halogenated alkanes) is 2. The van der Waals surface area contributed by atoms with Gasteiger partial charge >= 0.3 is 11.9 Å². The number of carbonyl (C=O) groups is 4. The van der Waals surface area contributed by atoms with E-state index in [2.05, 4.69) is 34.7 Å². The lowest BCUT2D eigenvalue weighted by molar-refractivity contribution is -0.113. The Morgan fingerprint density at radius 2 is 1.62 bits per heavy atom. The number of amides is 2. The molecule has 3 aromatic rings. The van der Waals surface area contributed by atoms with Crippen LogP contribution >= 0.6 is 23.1 Å². The monoisotopic (exact) mass is 659 g/mol. The predicted octanol–water partition coefficient (Wildman–Crippen LogP) is 5.64. The Hall–Kier alpha value is -3.91. The first-order valence-electron chi connectivity index (χ1n) is 15.1. The zero-order valence-corrected chi connectivity index (χ0v) is 28.0. The number of rotatable bonds is 18. The van der Waals surface area contributed by atoms with Gasteiger partial charge in [-0.05, 0) is 63.4 Å². The van der Waals surface area contributed by atoms with Gasteiger partial charge in [-0.25, -0.2) is 9.59 Å². The molecule has 0 unspecified atom stereocenters. The van der Waals surface area contributed by atoms with Crippen LogP contribution in [0.5, 0.6) is 5.75 Å². The molecule has 14 heteroatoms. The Balaban J connectivity index is 1.67. The van der Waals surface area contributed by atoms with Gasteiger partial charge in [0.05, 0.1) is 37.7 Å². The van der Waals surface area contributed by atoms with E-state index in [1.807, 2.05) is 4.57 Å². The lowest BCUT2D eigenvalue weighted by Crippen LogP contribution is -2.25. The van der Waals surface area contributed by atoms with E-state index in [4.69, 9.17) is 14.2 Å². The number of carbonyl (C=O) groups excluding carboxylic acids is 4. The van der Waals surface area contributed by atoms with Crippen LogP contribution in [0.25, 0.3) is 0 Å². The van der Waals surface area contributed by atoms with E-state index in [0.717, 1.165) is 42.8 Å². The summed E-state index contributed by atoms with van der Waals surface area (Å²) in [4.78, 5) is 51.2. The Bertz CT molecular complexity index is 1450. The molecule has 2 heterocycles. The number of aromatic nitrogens is 3. The summed E-state index contributed by atoms with van der Waals surface area (Å²) in [5.74, 6) is -0.599. The van der Waals surface area contributed by atoms with E-state index >= 15 is 0 Å². The van der Waals surface area contributed by atoms with E-state index in [-0.39, 0.29) is 46.9 Å². The van der Waals surface area contributed by atoms with Gasteiger partial charge in [-0.15, -0.1) is 21.5 Å². The number of hydrogen-bond acceptors (Lipinski definition) is 11. The van der Waals surface area contributed by atoms with Gasteiger partial charge in [0.15, 0.2) is 11.0 Å². The maximum atomic E-state index is 13.0. The number of thioether (sulfide) groups is 1. The Labute approximate surface area is 271 Å². The van der Waals surface area contributed by atoms with Gasteiger partial charge in [0, 0.05) is 12.1 Å². The highest BCUT2D eigenvalue weighted by Crippen LogP contribution is 2.34. The molecule has 0 aliphatic heterocycles. The fourth-order valence-electron chi connectivity index (χ4n) is 4.13. The van der Waals surface area contributed by atoms with Gasteiger partial charge < -0.3 is 29.4 Å². The second-order valence-electron chi connectivity index (χ2n) is 9.85. The summed E-state index contributed by atoms with van der Waals surface area (Å²) in [6.45, 7) is 10.9. The van der Waals surface area contributed by atoms with Crippen molar-refractivity contribution < 1.29 is 33.4 Å². The van der Waals surface area contributed by atoms with E-state index < -0.39 is 17.8 Å². The average Bonchev–Trinajstić information content (AvgIpc) is 3.57. The van der Waals surface area contributed by atoms with E-state index in [1.54, 1.807) is 45.0 Å². The number of anilines is 1. The van der Waals surface area contributed by atoms with Gasteiger partial charge in [-0.1, -0.05) is 38.5 Å². The molecular formula is C31H41N5O7S2. The second-order valence-corrected chi connectivity index (χ2v) is 11.8. The summed E-state index contributed by atoms with van der Waals surface area (Å²) in [5.41, 5.74) is 1.02. The van der Waals surface area contributed by atoms with Crippen LogP contribution in [0.15, 0.2) is 29.4 Å². The molecule has 45 heavy (non-hydrogen) atoms. The maximum absolute atomic E-state index is 13.0. The third-order valence-electron chi connectivity index (χ3n) is 6.49. The molecule has 2 amide bonds. The van der Waals surface area contributed by atoms with Crippen LogP contribution < -0.4 is 15.4 Å². The van der Waals surface area contributed by atoms with Crippen LogP contribution in [-0.4, -0.2) is 64.1 Å². The minimum atomic E-state index is -0.632. The zero-order chi connectivity index (χ0) is 32.8. The lowest BCUT2D eigenvalue weighted by Gasteiger charge is -2.11. The molecule has 0 radical (unpaired) electrons. The Morgan fingerprint density at radius 3 is 2.29 bits per heavy atom. The van der Waals surface area contributed by atoms with Crippen molar-refractivity contribution in [2.45, 2.75) is 78.5 Å². The number of hydrogen-bond donors (Lipinski definition) is 2. The highest BCUT2D eigenvalue weighted by molar-refractivity contribution is 7.99. The van der Waals surface area contributed by atoms with Crippen LogP contribution in [0.2, 0.25) is 0 Å². The number of ether oxygens (including phenoxy) is 3. The second kappa shape index (κ2) is 18.2. The third-order valence-corrected chi connectivity index (χ3v) is 8.65. The number of nitrogens with one attached hydrogen (secondary N) is 2. The van der Waals surface area contributed by atoms with Gasteiger partial charge in [0.25, 0.3) is 5.91 Å². The van der Waals surface area contributed by atoms with Crippen LogP contribution in [0.3, 0.4) is 0 Å². The average molecular weight is 660 g/mol. The topological polar surface area (TPSA) is 151 Å². The Morgan fingerprint density at radius 1 is 0.933 bits per heavy atom. The molecule has 0 saturated carbocycles.